The summed E-state index contributed by atoms with van der Waals surface area (Å²) in [5.74, 6) is 0. The first-order valence-corrected chi connectivity index (χ1v) is 25.7. The molecule has 9 rings (SSSR count). The Labute approximate surface area is 390 Å². The van der Waals surface area contributed by atoms with Gasteiger partial charge in [0.25, 0.3) is 40.5 Å². The van der Waals surface area contributed by atoms with Gasteiger partial charge in [-0.1, -0.05) is 60.7 Å². The monoisotopic (exact) mass is 1020 g/mol. The van der Waals surface area contributed by atoms with Gasteiger partial charge in [0.05, 0.1) is 19.6 Å². The normalized spacial score (nSPS) is 14.0. The molecule has 66 heavy (non-hydrogen) atoms. The summed E-state index contributed by atoms with van der Waals surface area (Å²) in [5.41, 5.74) is 8.99. The molecule has 4 aromatic carbocycles. The summed E-state index contributed by atoms with van der Waals surface area (Å²) in [6, 6.07) is 26.2. The number of aromatic nitrogens is 4. The molecule has 0 amide bonds. The van der Waals surface area contributed by atoms with Crippen molar-refractivity contribution in [3.63, 3.8) is 0 Å². The zero-order valence-corrected chi connectivity index (χ0v) is 38.3. The van der Waals surface area contributed by atoms with E-state index in [1.165, 1.54) is 72.8 Å². The van der Waals surface area contributed by atoms with Crippen molar-refractivity contribution in [2.75, 3.05) is 0 Å². The molecular weight excluding hydrogens is 980 g/mol. The first kappa shape index (κ1) is 46.9. The van der Waals surface area contributed by atoms with Crippen LogP contribution in [0.3, 0.4) is 0 Å². The van der Waals surface area contributed by atoms with Crippen LogP contribution >= 0.6 is 0 Å². The van der Waals surface area contributed by atoms with E-state index in [0.717, 1.165) is 0 Å². The standard InChI is InChI=1S/C45H36N4O12S4.Cu/c50-62(51,52)30-12-4-26(5-13-30)42-34-2-1-3-35(46-34)43(27-6-14-31(15-7-27)63(53,54)55)37-21-23-39(48-37)45(29-10-18-33(19-11-29)65(59,60)61)41-25-24-40(49-41)44(38-22-20-36(42)47-38)28-8-16-32(17-9-28)64(56,57)58;/h4-19,24-25H,1-3,20-23H2,(H,50,51,52)(H,53,54,55)(H,56,57,58)(H,59,60,61);/q-2;+2. The molecule has 5 heterocycles. The Bertz CT molecular complexity index is 3360. The van der Waals surface area contributed by atoms with Gasteiger partial charge in [0.15, 0.2) is 0 Å². The van der Waals surface area contributed by atoms with Crippen LogP contribution in [-0.2, 0) is 96.1 Å². The number of nitrogens with zero attached hydrogens (tertiary/aromatic N) is 4. The van der Waals surface area contributed by atoms with Gasteiger partial charge in [-0.15, -0.1) is 22.4 Å². The fourth-order valence-corrected chi connectivity index (χ4v) is 10.5. The Morgan fingerprint density at radius 2 is 0.606 bits per heavy atom. The third-order valence-electron chi connectivity index (χ3n) is 11.5. The van der Waals surface area contributed by atoms with E-state index in [9.17, 15) is 51.9 Å². The van der Waals surface area contributed by atoms with Crippen LogP contribution in [0.1, 0.15) is 40.6 Å². The van der Waals surface area contributed by atoms with Crippen molar-refractivity contribution >= 4 is 51.5 Å². The first-order valence-electron chi connectivity index (χ1n) is 20.0. The average molecular weight is 1020 g/mol. The smallest absolute Gasteiger partial charge is 0.664 e. The van der Waals surface area contributed by atoms with Gasteiger partial charge in [0.2, 0.25) is 0 Å². The second-order valence-electron chi connectivity index (χ2n) is 15.6. The van der Waals surface area contributed by atoms with Gasteiger partial charge in [0.1, 0.15) is 0 Å². The molecule has 1 radical (unpaired) electrons. The number of benzene rings is 4. The van der Waals surface area contributed by atoms with Crippen LogP contribution in [0.5, 0.6) is 0 Å². The zero-order valence-electron chi connectivity index (χ0n) is 34.1. The Morgan fingerprint density at radius 3 is 0.879 bits per heavy atom. The van der Waals surface area contributed by atoms with Crippen molar-refractivity contribution < 1.29 is 69.0 Å². The fraction of sp³-hybridized carbons (Fsp3) is 0.156. The van der Waals surface area contributed by atoms with E-state index in [1.807, 2.05) is 0 Å². The number of rotatable bonds is 8. The molecule has 0 unspecified atom stereocenters. The minimum atomic E-state index is -4.53. The molecule has 343 valence electrons. The van der Waals surface area contributed by atoms with E-state index >= 15 is 0 Å². The van der Waals surface area contributed by atoms with Gasteiger partial charge >= 0.3 is 17.1 Å². The van der Waals surface area contributed by atoms with Crippen LogP contribution < -0.4 is 9.97 Å². The number of aryl methyl sites for hydroxylation is 6. The predicted octanol–water partition coefficient (Wildman–Crippen LogP) is 6.69. The second kappa shape index (κ2) is 17.6. The third kappa shape index (κ3) is 9.36. The van der Waals surface area contributed by atoms with Crippen molar-refractivity contribution in [1.29, 1.82) is 0 Å². The van der Waals surface area contributed by atoms with E-state index in [-0.39, 0.29) is 36.7 Å². The Kier molecular flexibility index (Phi) is 12.5. The molecule has 3 aliphatic rings. The van der Waals surface area contributed by atoms with Crippen LogP contribution in [0.2, 0.25) is 0 Å². The summed E-state index contributed by atoms with van der Waals surface area (Å²) < 4.78 is 136. The van der Waals surface area contributed by atoms with Crippen LogP contribution in [0.4, 0.5) is 0 Å². The van der Waals surface area contributed by atoms with Crippen molar-refractivity contribution in [1.82, 2.24) is 19.9 Å². The SMILES string of the molecule is O=S(=O)(O)c1ccc(-c2c3nc(c(-c4ccc(S(=O)(=O)O)cc4)c4ccc([n-]4)c(-c4ccc(S(=O)(=O)O)cc4)c4nc(c(-c5ccc(S(=O)(=O)O)cc5)c5[n-]c2CCC5)CC4)CC3)cc1.[Cu+2]. The maximum Gasteiger partial charge on any atom is 2.00 e. The maximum atomic E-state index is 12.1. The minimum absolute atomic E-state index is 0. The Balaban J connectivity index is 0.00000592. The average Bonchev–Trinajstić information content (AvgIpc) is 4.04. The van der Waals surface area contributed by atoms with Gasteiger partial charge in [0, 0.05) is 22.8 Å². The van der Waals surface area contributed by atoms with Crippen molar-refractivity contribution in [2.24, 2.45) is 0 Å². The number of hydrogen-bond acceptors (Lipinski definition) is 10. The zero-order chi connectivity index (χ0) is 46.1. The molecule has 4 N–H and O–H groups in total. The summed E-state index contributed by atoms with van der Waals surface area (Å²) >= 11 is 0. The molecule has 16 nitrogen and oxygen atoms in total. The maximum absolute atomic E-state index is 12.1. The molecule has 3 aliphatic heterocycles. The summed E-state index contributed by atoms with van der Waals surface area (Å²) in [7, 11) is -18.1. The van der Waals surface area contributed by atoms with E-state index in [4.69, 9.17) is 19.9 Å². The van der Waals surface area contributed by atoms with Gasteiger partial charge < -0.3 is 9.97 Å². The topological polar surface area (TPSA) is 271 Å². The summed E-state index contributed by atoms with van der Waals surface area (Å²) in [6.07, 6.45) is 3.08. The molecule has 6 aromatic rings. The molecule has 0 fully saturated rings. The molecular formula is C45H36CuN4O12S4. The molecule has 0 aliphatic carbocycles. The summed E-state index contributed by atoms with van der Waals surface area (Å²) in [5, 5.41) is 0. The fourth-order valence-electron chi connectivity index (χ4n) is 8.55. The Hall–Kier alpha value is -5.58. The minimum Gasteiger partial charge on any atom is -0.664 e. The van der Waals surface area contributed by atoms with Gasteiger partial charge in [-0.2, -0.15) is 33.7 Å². The van der Waals surface area contributed by atoms with Gasteiger partial charge in [-0.25, -0.2) is 0 Å². The van der Waals surface area contributed by atoms with Crippen LogP contribution in [0, 0.1) is 0 Å². The van der Waals surface area contributed by atoms with E-state index in [2.05, 4.69) is 0 Å². The molecule has 8 bridgehead atoms. The predicted molar refractivity (Wildman–Crippen MR) is 238 cm³/mol. The van der Waals surface area contributed by atoms with E-state index in [1.54, 1.807) is 36.4 Å². The van der Waals surface area contributed by atoms with E-state index < -0.39 is 40.5 Å². The van der Waals surface area contributed by atoms with Crippen molar-refractivity contribution in [2.45, 2.75) is 64.5 Å². The quantitative estimate of drug-likeness (QED) is 0.0913. The largest absolute Gasteiger partial charge is 2.00 e. The van der Waals surface area contributed by atoms with E-state index in [0.29, 0.717) is 135 Å². The van der Waals surface area contributed by atoms with Gasteiger partial charge in [-0.05, 0) is 138 Å². The van der Waals surface area contributed by atoms with Crippen molar-refractivity contribution in [3.05, 3.63) is 143 Å². The van der Waals surface area contributed by atoms with Crippen LogP contribution in [-0.4, -0.2) is 61.9 Å². The molecule has 21 heteroatoms. The second-order valence-corrected chi connectivity index (χ2v) is 21.3. The third-order valence-corrected chi connectivity index (χ3v) is 15.0. The number of hydrogen-bond donors (Lipinski definition) is 4. The first-order chi connectivity index (χ1) is 30.7. The van der Waals surface area contributed by atoms with Crippen LogP contribution in [0.15, 0.2) is 129 Å². The summed E-state index contributed by atoms with van der Waals surface area (Å²) in [6.45, 7) is 0. The molecule has 0 atom stereocenters. The van der Waals surface area contributed by atoms with Crippen molar-refractivity contribution in [3.8, 4) is 44.5 Å². The summed E-state index contributed by atoms with van der Waals surface area (Å²) in [4.78, 5) is 19.6. The van der Waals surface area contributed by atoms with Crippen LogP contribution in [0.25, 0.3) is 55.5 Å². The molecule has 2 aromatic heterocycles. The molecule has 0 saturated heterocycles. The molecule has 0 spiro atoms. The Morgan fingerprint density at radius 1 is 0.348 bits per heavy atom. The number of fused-ring (bicyclic) bond motifs is 8. The van der Waals surface area contributed by atoms with Gasteiger partial charge in [-0.3, -0.25) is 28.2 Å². The molecule has 0 saturated carbocycles.